The van der Waals surface area contributed by atoms with Crippen molar-refractivity contribution in [2.75, 3.05) is 37.6 Å². The molecule has 3 fully saturated rings. The summed E-state index contributed by atoms with van der Waals surface area (Å²) in [7, 11) is 0. The van der Waals surface area contributed by atoms with Gasteiger partial charge in [0, 0.05) is 50.7 Å². The average molecular weight is 719 g/mol. The number of amides is 3. The van der Waals surface area contributed by atoms with Crippen molar-refractivity contribution in [3.8, 4) is 0 Å². The molecule has 0 radical (unpaired) electrons. The van der Waals surface area contributed by atoms with Gasteiger partial charge in [-0.1, -0.05) is 104 Å². The van der Waals surface area contributed by atoms with Crippen LogP contribution < -0.4 is 10.2 Å². The van der Waals surface area contributed by atoms with E-state index in [9.17, 15) is 19.5 Å². The van der Waals surface area contributed by atoms with E-state index in [0.29, 0.717) is 5.69 Å². The number of hydrogen-bond acceptors (Lipinski definition) is 9. The number of benzene rings is 4. The van der Waals surface area contributed by atoms with E-state index in [1.165, 1.54) is 5.56 Å². The fourth-order valence-corrected chi connectivity index (χ4v) is 7.26. The fourth-order valence-electron chi connectivity index (χ4n) is 7.26. The molecule has 276 valence electrons. The molecule has 0 aromatic heterocycles. The van der Waals surface area contributed by atoms with E-state index in [0.717, 1.165) is 66.4 Å². The van der Waals surface area contributed by atoms with Gasteiger partial charge in [-0.2, -0.15) is 0 Å². The largest absolute Gasteiger partial charge is 0.445 e. The average Bonchev–Trinajstić information content (AvgIpc) is 3.47. The zero-order chi connectivity index (χ0) is 36.7. The Morgan fingerprint density at radius 3 is 2.06 bits per heavy atom. The van der Waals surface area contributed by atoms with Crippen LogP contribution in [0.4, 0.5) is 10.5 Å². The van der Waals surface area contributed by atoms with Gasteiger partial charge < -0.3 is 24.6 Å². The summed E-state index contributed by atoms with van der Waals surface area (Å²) in [5, 5.41) is 12.2. The first-order valence-electron chi connectivity index (χ1n) is 18.3. The molecule has 3 amide bonds. The number of rotatable bonds is 11. The quantitative estimate of drug-likeness (QED) is 0.198. The second kappa shape index (κ2) is 16.8. The summed E-state index contributed by atoms with van der Waals surface area (Å²) in [4.78, 5) is 44.8. The maximum absolute atomic E-state index is 13.3. The molecule has 53 heavy (non-hydrogen) atoms. The number of carbonyl (C=O) groups excluding carboxylic acids is 3. The lowest BCUT2D eigenvalue weighted by molar-refractivity contribution is -0.276. The van der Waals surface area contributed by atoms with Gasteiger partial charge in [0.05, 0.1) is 30.9 Å². The number of piperazine rings is 1. The van der Waals surface area contributed by atoms with E-state index in [1.54, 1.807) is 12.1 Å². The van der Waals surface area contributed by atoms with Crippen molar-refractivity contribution in [2.24, 2.45) is 5.92 Å². The molecule has 4 aromatic rings. The molecule has 3 aliphatic heterocycles. The smallest absolute Gasteiger partial charge is 0.408 e. The summed E-state index contributed by atoms with van der Waals surface area (Å²) in [6, 6.07) is 33.6. The molecule has 7 rings (SSSR count). The number of ether oxygens (including phenoxy) is 3. The SMILES string of the molecule is CC1C(CN2CCN(Cc3ccccc3)CC2)OC(c2ccc(N3C(=O)CC(NC(=O)OCc4ccccc4)C3=O)cc2)OC1c1ccc(CO)cc1. The van der Waals surface area contributed by atoms with Crippen molar-refractivity contribution in [3.05, 3.63) is 137 Å². The summed E-state index contributed by atoms with van der Waals surface area (Å²) >= 11 is 0. The van der Waals surface area contributed by atoms with Crippen LogP contribution in [0.1, 0.15) is 53.6 Å². The Balaban J connectivity index is 1.01. The van der Waals surface area contributed by atoms with Gasteiger partial charge in [0.1, 0.15) is 12.6 Å². The Labute approximate surface area is 310 Å². The summed E-state index contributed by atoms with van der Waals surface area (Å²) in [6.45, 7) is 7.70. The van der Waals surface area contributed by atoms with Crippen LogP contribution in [0.2, 0.25) is 0 Å². The van der Waals surface area contributed by atoms with Gasteiger partial charge in [0.2, 0.25) is 5.91 Å². The van der Waals surface area contributed by atoms with Crippen LogP contribution in [0.3, 0.4) is 0 Å². The molecule has 0 bridgehead atoms. The van der Waals surface area contributed by atoms with Crippen molar-refractivity contribution in [1.82, 2.24) is 15.1 Å². The summed E-state index contributed by atoms with van der Waals surface area (Å²) in [6.07, 6.45) is -2.01. The van der Waals surface area contributed by atoms with Gasteiger partial charge in [-0.05, 0) is 34.4 Å². The number of alkyl carbamates (subject to hydrolysis) is 1. The number of imide groups is 1. The van der Waals surface area contributed by atoms with E-state index in [-0.39, 0.29) is 37.8 Å². The lowest BCUT2D eigenvalue weighted by Crippen LogP contribution is -2.51. The van der Waals surface area contributed by atoms with Crippen LogP contribution in [-0.2, 0) is 43.6 Å². The minimum atomic E-state index is -1.02. The highest BCUT2D eigenvalue weighted by molar-refractivity contribution is 6.22. The van der Waals surface area contributed by atoms with Gasteiger partial charge in [0.15, 0.2) is 6.29 Å². The Morgan fingerprint density at radius 2 is 1.40 bits per heavy atom. The molecular formula is C42H46N4O7. The minimum absolute atomic E-state index is 0.0322. The molecule has 2 N–H and O–H groups in total. The number of nitrogens with one attached hydrogen (secondary N) is 1. The van der Waals surface area contributed by atoms with E-state index in [2.05, 4.69) is 46.3 Å². The summed E-state index contributed by atoms with van der Waals surface area (Å²) < 4.78 is 18.6. The van der Waals surface area contributed by atoms with Crippen LogP contribution in [0.25, 0.3) is 0 Å². The number of hydrogen-bond donors (Lipinski definition) is 2. The Bertz CT molecular complexity index is 1830. The Kier molecular flexibility index (Phi) is 11.6. The molecule has 0 aliphatic carbocycles. The van der Waals surface area contributed by atoms with Gasteiger partial charge in [-0.25, -0.2) is 9.69 Å². The zero-order valence-electron chi connectivity index (χ0n) is 29.9. The summed E-state index contributed by atoms with van der Waals surface area (Å²) in [5.74, 6) is -0.893. The standard InChI is InChI=1S/C42H46N4O7/c1-29-37(26-45-22-20-44(21-23-45)25-30-8-4-2-5-9-30)52-41(53-39(29)33-14-12-31(27-47)13-15-33)34-16-18-35(19-17-34)46-38(48)24-36(40(46)49)43-42(50)51-28-32-10-6-3-7-11-32/h2-19,29,36-37,39,41,47H,20-28H2,1H3,(H,43,50). The van der Waals surface area contributed by atoms with Crippen LogP contribution in [-0.4, -0.2) is 77.7 Å². The minimum Gasteiger partial charge on any atom is -0.445 e. The third-order valence-electron chi connectivity index (χ3n) is 10.4. The third-order valence-corrected chi connectivity index (χ3v) is 10.4. The lowest BCUT2D eigenvalue weighted by atomic mass is 9.90. The normalized spacial score (nSPS) is 24.0. The van der Waals surface area contributed by atoms with Gasteiger partial charge >= 0.3 is 6.09 Å². The molecule has 3 aliphatic rings. The van der Waals surface area contributed by atoms with Gasteiger partial charge in [-0.3, -0.25) is 19.4 Å². The predicted octanol–water partition coefficient (Wildman–Crippen LogP) is 5.35. The Hall–Kier alpha value is -4.91. The van der Waals surface area contributed by atoms with Gasteiger partial charge in [-0.15, -0.1) is 0 Å². The topological polar surface area (TPSA) is 121 Å². The van der Waals surface area contributed by atoms with E-state index < -0.39 is 30.2 Å². The Morgan fingerprint density at radius 1 is 0.774 bits per heavy atom. The molecule has 11 nitrogen and oxygen atoms in total. The molecule has 3 saturated heterocycles. The number of nitrogens with zero attached hydrogens (tertiary/aromatic N) is 3. The number of anilines is 1. The lowest BCUT2D eigenvalue weighted by Gasteiger charge is -2.44. The van der Waals surface area contributed by atoms with Crippen LogP contribution in [0.15, 0.2) is 109 Å². The van der Waals surface area contributed by atoms with E-state index in [1.807, 2.05) is 72.8 Å². The zero-order valence-corrected chi connectivity index (χ0v) is 29.9. The van der Waals surface area contributed by atoms with Crippen molar-refractivity contribution in [2.45, 2.75) is 57.6 Å². The second-order valence-corrected chi connectivity index (χ2v) is 14.0. The van der Waals surface area contributed by atoms with Crippen molar-refractivity contribution in [1.29, 1.82) is 0 Å². The molecule has 0 spiro atoms. The van der Waals surface area contributed by atoms with Crippen LogP contribution >= 0.6 is 0 Å². The summed E-state index contributed by atoms with van der Waals surface area (Å²) in [5.41, 5.74) is 5.13. The highest BCUT2D eigenvalue weighted by Gasteiger charge is 2.42. The van der Waals surface area contributed by atoms with Crippen molar-refractivity contribution < 1.29 is 33.7 Å². The maximum atomic E-state index is 13.3. The number of aliphatic hydroxyl groups is 1. The molecular weight excluding hydrogens is 672 g/mol. The van der Waals surface area contributed by atoms with E-state index in [4.69, 9.17) is 14.2 Å². The third kappa shape index (κ3) is 8.84. The first-order chi connectivity index (χ1) is 25.8. The first kappa shape index (κ1) is 36.4. The molecule has 4 aromatic carbocycles. The molecule has 0 saturated carbocycles. The maximum Gasteiger partial charge on any atom is 0.408 e. The van der Waals surface area contributed by atoms with Gasteiger partial charge in [0.25, 0.3) is 5.91 Å². The molecule has 3 heterocycles. The van der Waals surface area contributed by atoms with E-state index >= 15 is 0 Å². The monoisotopic (exact) mass is 718 g/mol. The molecule has 5 atom stereocenters. The highest BCUT2D eigenvalue weighted by atomic mass is 16.7. The van der Waals surface area contributed by atoms with Crippen LogP contribution in [0.5, 0.6) is 0 Å². The second-order valence-electron chi connectivity index (χ2n) is 14.0. The van der Waals surface area contributed by atoms with Crippen molar-refractivity contribution >= 4 is 23.6 Å². The van der Waals surface area contributed by atoms with Crippen molar-refractivity contribution in [3.63, 3.8) is 0 Å². The molecule has 5 unspecified atom stereocenters. The van der Waals surface area contributed by atoms with Crippen LogP contribution in [0, 0.1) is 5.92 Å². The number of aliphatic hydroxyl groups excluding tert-OH is 1. The molecule has 11 heteroatoms. The first-order valence-corrected chi connectivity index (χ1v) is 18.3. The fraction of sp³-hybridized carbons (Fsp3) is 0.357. The highest BCUT2D eigenvalue weighted by Crippen LogP contribution is 2.42. The predicted molar refractivity (Wildman–Crippen MR) is 198 cm³/mol. The number of carbonyl (C=O) groups is 3.